The van der Waals surface area contributed by atoms with Gasteiger partial charge in [0.1, 0.15) is 23.7 Å². The van der Waals surface area contributed by atoms with Crippen LogP contribution in [0.15, 0.2) is 76.8 Å². The number of halogens is 2. The van der Waals surface area contributed by atoms with Gasteiger partial charge in [-0.15, -0.1) is 0 Å². The fourth-order valence-electron chi connectivity index (χ4n) is 3.25. The Bertz CT molecular complexity index is 1270. The van der Waals surface area contributed by atoms with Crippen LogP contribution < -0.4 is 15.0 Å². The summed E-state index contributed by atoms with van der Waals surface area (Å²) in [4.78, 5) is 38.7. The Morgan fingerprint density at radius 2 is 1.70 bits per heavy atom. The van der Waals surface area contributed by atoms with Gasteiger partial charge in [0, 0.05) is 10.0 Å². The summed E-state index contributed by atoms with van der Waals surface area (Å²) in [6, 6.07) is 17.0. The number of carbonyl (C=O) groups is 3. The fraction of sp³-hybridized carbons (Fsp3) is 0.0800. The molecule has 0 radical (unpaired) electrons. The number of hydrogen-bond acceptors (Lipinski definition) is 4. The quantitative estimate of drug-likeness (QED) is 0.382. The van der Waals surface area contributed by atoms with Crippen molar-refractivity contribution in [1.82, 2.24) is 5.32 Å². The van der Waals surface area contributed by atoms with Crippen LogP contribution in [0.3, 0.4) is 0 Å². The molecule has 3 aromatic rings. The third kappa shape index (κ3) is 5.01. The second kappa shape index (κ2) is 9.38. The molecule has 33 heavy (non-hydrogen) atoms. The van der Waals surface area contributed by atoms with Crippen LogP contribution in [0.1, 0.15) is 16.7 Å². The lowest BCUT2D eigenvalue weighted by Crippen LogP contribution is -2.54. The Hall–Kier alpha value is -3.78. The summed E-state index contributed by atoms with van der Waals surface area (Å²) in [7, 11) is 0. The van der Waals surface area contributed by atoms with Crippen LogP contribution in [0, 0.1) is 12.7 Å². The van der Waals surface area contributed by atoms with Crippen molar-refractivity contribution in [2.24, 2.45) is 0 Å². The number of benzene rings is 3. The largest absolute Gasteiger partial charge is 0.488 e. The Labute approximate surface area is 197 Å². The van der Waals surface area contributed by atoms with Gasteiger partial charge in [0.2, 0.25) is 0 Å². The van der Waals surface area contributed by atoms with Crippen molar-refractivity contribution in [2.75, 3.05) is 4.90 Å². The van der Waals surface area contributed by atoms with Gasteiger partial charge in [-0.3, -0.25) is 14.9 Å². The van der Waals surface area contributed by atoms with Gasteiger partial charge < -0.3 is 4.74 Å². The lowest BCUT2D eigenvalue weighted by molar-refractivity contribution is -0.122. The molecular formula is C25H18BrFN2O4. The van der Waals surface area contributed by atoms with Crippen molar-refractivity contribution in [3.63, 3.8) is 0 Å². The minimum Gasteiger partial charge on any atom is -0.488 e. The number of ether oxygens (including phenoxy) is 1. The summed E-state index contributed by atoms with van der Waals surface area (Å²) >= 11 is 3.39. The molecule has 1 aliphatic heterocycles. The zero-order valence-corrected chi connectivity index (χ0v) is 19.1. The highest BCUT2D eigenvalue weighted by Gasteiger charge is 2.37. The van der Waals surface area contributed by atoms with Gasteiger partial charge >= 0.3 is 6.03 Å². The van der Waals surface area contributed by atoms with Crippen LogP contribution in [0.25, 0.3) is 6.08 Å². The molecular weight excluding hydrogens is 491 g/mol. The molecule has 6 nitrogen and oxygen atoms in total. The average Bonchev–Trinajstić information content (AvgIpc) is 2.78. The standard InChI is InChI=1S/C25H18BrFN2O4/c1-15-2-4-16(5-3-15)14-33-22-11-6-18(26)12-17(22)13-21-23(30)28-25(32)29(24(21)31)20-9-7-19(27)8-10-20/h2-13H,14H2,1H3,(H,28,30,32)/b21-13+. The fourth-order valence-corrected chi connectivity index (χ4v) is 3.63. The summed E-state index contributed by atoms with van der Waals surface area (Å²) in [5.74, 6) is -1.70. The molecule has 1 heterocycles. The predicted molar refractivity (Wildman–Crippen MR) is 125 cm³/mol. The van der Waals surface area contributed by atoms with Crippen molar-refractivity contribution in [3.05, 3.63) is 99.3 Å². The Balaban J connectivity index is 1.66. The van der Waals surface area contributed by atoms with Crippen molar-refractivity contribution < 1.29 is 23.5 Å². The Morgan fingerprint density at radius 1 is 1.00 bits per heavy atom. The number of anilines is 1. The number of urea groups is 1. The average molecular weight is 509 g/mol. The summed E-state index contributed by atoms with van der Waals surface area (Å²) < 4.78 is 19.9. The van der Waals surface area contributed by atoms with Crippen LogP contribution in [-0.4, -0.2) is 17.8 Å². The number of barbiturate groups is 1. The number of rotatable bonds is 5. The molecule has 3 aromatic carbocycles. The molecule has 0 unspecified atom stereocenters. The van der Waals surface area contributed by atoms with Crippen LogP contribution in [-0.2, 0) is 16.2 Å². The number of hydrogen-bond donors (Lipinski definition) is 1. The molecule has 166 valence electrons. The summed E-state index contributed by atoms with van der Waals surface area (Å²) in [6.45, 7) is 2.29. The Morgan fingerprint density at radius 3 is 2.39 bits per heavy atom. The van der Waals surface area contributed by atoms with Crippen molar-refractivity contribution in [2.45, 2.75) is 13.5 Å². The van der Waals surface area contributed by atoms with E-state index in [0.717, 1.165) is 28.2 Å². The SMILES string of the molecule is Cc1ccc(COc2ccc(Br)cc2/C=C2\C(=O)NC(=O)N(c3ccc(F)cc3)C2=O)cc1. The van der Waals surface area contributed by atoms with E-state index >= 15 is 0 Å². The monoisotopic (exact) mass is 508 g/mol. The molecule has 0 saturated carbocycles. The minimum atomic E-state index is -0.904. The van der Waals surface area contributed by atoms with E-state index in [1.54, 1.807) is 18.2 Å². The van der Waals surface area contributed by atoms with E-state index < -0.39 is 23.7 Å². The van der Waals surface area contributed by atoms with Crippen molar-refractivity contribution in [1.29, 1.82) is 0 Å². The second-order valence-corrected chi connectivity index (χ2v) is 8.31. The van der Waals surface area contributed by atoms with Gasteiger partial charge in [-0.1, -0.05) is 45.8 Å². The van der Waals surface area contributed by atoms with E-state index in [0.29, 0.717) is 22.4 Å². The van der Waals surface area contributed by atoms with Crippen molar-refractivity contribution in [3.8, 4) is 5.75 Å². The van der Waals surface area contributed by atoms with E-state index in [-0.39, 0.29) is 11.3 Å². The number of carbonyl (C=O) groups excluding carboxylic acids is 3. The zero-order chi connectivity index (χ0) is 23.5. The van der Waals surface area contributed by atoms with E-state index in [4.69, 9.17) is 4.74 Å². The van der Waals surface area contributed by atoms with Crippen LogP contribution in [0.5, 0.6) is 5.75 Å². The van der Waals surface area contributed by atoms with Crippen LogP contribution >= 0.6 is 15.9 Å². The maximum absolute atomic E-state index is 13.3. The van der Waals surface area contributed by atoms with Gasteiger partial charge in [0.05, 0.1) is 5.69 Å². The van der Waals surface area contributed by atoms with Gasteiger partial charge in [-0.05, 0) is 61.0 Å². The predicted octanol–water partition coefficient (Wildman–Crippen LogP) is 5.14. The third-order valence-corrected chi connectivity index (χ3v) is 5.47. The first-order valence-electron chi connectivity index (χ1n) is 9.97. The van der Waals surface area contributed by atoms with Gasteiger partial charge in [0.15, 0.2) is 0 Å². The highest BCUT2D eigenvalue weighted by atomic mass is 79.9. The van der Waals surface area contributed by atoms with E-state index in [1.807, 2.05) is 31.2 Å². The van der Waals surface area contributed by atoms with Gasteiger partial charge in [-0.2, -0.15) is 0 Å². The number of nitrogens with zero attached hydrogens (tertiary/aromatic N) is 1. The smallest absolute Gasteiger partial charge is 0.335 e. The highest BCUT2D eigenvalue weighted by molar-refractivity contribution is 9.10. The van der Waals surface area contributed by atoms with E-state index in [1.165, 1.54) is 18.2 Å². The number of imide groups is 2. The molecule has 4 rings (SSSR count). The third-order valence-electron chi connectivity index (χ3n) is 4.97. The van der Waals surface area contributed by atoms with E-state index in [9.17, 15) is 18.8 Å². The van der Waals surface area contributed by atoms with Crippen LogP contribution in [0.4, 0.5) is 14.9 Å². The topological polar surface area (TPSA) is 75.7 Å². The molecule has 0 spiro atoms. The summed E-state index contributed by atoms with van der Waals surface area (Å²) in [6.07, 6.45) is 1.37. The molecule has 8 heteroatoms. The first kappa shape index (κ1) is 22.4. The normalized spacial score (nSPS) is 15.1. The summed E-state index contributed by atoms with van der Waals surface area (Å²) in [5, 5.41) is 2.15. The highest BCUT2D eigenvalue weighted by Crippen LogP contribution is 2.29. The molecule has 0 aromatic heterocycles. The first-order chi connectivity index (χ1) is 15.8. The maximum atomic E-state index is 13.3. The molecule has 0 atom stereocenters. The Kier molecular flexibility index (Phi) is 6.37. The lowest BCUT2D eigenvalue weighted by atomic mass is 10.1. The maximum Gasteiger partial charge on any atom is 0.335 e. The lowest BCUT2D eigenvalue weighted by Gasteiger charge is -2.26. The zero-order valence-electron chi connectivity index (χ0n) is 17.5. The minimum absolute atomic E-state index is 0.141. The molecule has 0 aliphatic carbocycles. The molecule has 1 aliphatic rings. The number of nitrogens with one attached hydrogen (secondary N) is 1. The van der Waals surface area contributed by atoms with Gasteiger partial charge in [-0.25, -0.2) is 14.1 Å². The molecule has 0 bridgehead atoms. The molecule has 1 saturated heterocycles. The number of amides is 4. The first-order valence-corrected chi connectivity index (χ1v) is 10.8. The molecule has 1 fully saturated rings. The number of aryl methyl sites for hydroxylation is 1. The second-order valence-electron chi connectivity index (χ2n) is 7.39. The van der Waals surface area contributed by atoms with Crippen LogP contribution in [0.2, 0.25) is 0 Å². The van der Waals surface area contributed by atoms with E-state index in [2.05, 4.69) is 21.2 Å². The molecule has 4 amide bonds. The van der Waals surface area contributed by atoms with Gasteiger partial charge in [0.25, 0.3) is 11.8 Å². The summed E-state index contributed by atoms with van der Waals surface area (Å²) in [5.41, 5.74) is 2.46. The van der Waals surface area contributed by atoms with Crippen molar-refractivity contribution >= 4 is 45.5 Å². The molecule has 1 N–H and O–H groups in total.